The Kier molecular flexibility index (Phi) is 6.54. The van der Waals surface area contributed by atoms with Gasteiger partial charge in [0.05, 0.1) is 11.4 Å². The summed E-state index contributed by atoms with van der Waals surface area (Å²) in [6.07, 6.45) is 0. The summed E-state index contributed by atoms with van der Waals surface area (Å²) in [5.74, 6) is -0.0282. The maximum atomic E-state index is 12.0. The first-order valence-electron chi connectivity index (χ1n) is 6.98. The maximum absolute atomic E-state index is 12.0. The number of hydrogen-bond donors (Lipinski definition) is 2. The predicted octanol–water partition coefficient (Wildman–Crippen LogP) is 1.92. The number of benzodiazepines with no additional fused rings is 1. The van der Waals surface area contributed by atoms with E-state index >= 15 is 0 Å². The van der Waals surface area contributed by atoms with Crippen molar-refractivity contribution in [2.75, 3.05) is 18.5 Å². The molecule has 0 fully saturated rings. The number of fused-ring (bicyclic) bond motifs is 1. The third-order valence-electron chi connectivity index (χ3n) is 3.37. The average molecular weight is 383 g/mol. The summed E-state index contributed by atoms with van der Waals surface area (Å²) in [4.78, 5) is 18.1. The molecule has 0 radical (unpaired) electrons. The third-order valence-corrected chi connectivity index (χ3v) is 3.60. The fourth-order valence-corrected chi connectivity index (χ4v) is 2.48. The van der Waals surface area contributed by atoms with Gasteiger partial charge in [-0.2, -0.15) is 0 Å². The minimum absolute atomic E-state index is 0.0282. The standard InChI is InChI=1S/C16H13ClN2O.2H2O.O.Ti/c1-19-14-8-7-12(17)9-13(14)16(18-10-15(19)20)11-5-3-2-4-6-11;;;;/h2-9H,10H2,1H3;2*1H2;;/q;;;;+2/p-2. The Labute approximate surface area is 151 Å². The van der Waals surface area contributed by atoms with E-state index in [1.807, 2.05) is 42.5 Å². The molecule has 1 aliphatic heterocycles. The van der Waals surface area contributed by atoms with Gasteiger partial charge in [0.2, 0.25) is 5.91 Å². The SMILES string of the molecule is CN1C(=O)CN=C(c2ccccc2)c2cc(Cl)ccc21.[O]=[Ti]([OH])[OH]. The van der Waals surface area contributed by atoms with Crippen molar-refractivity contribution < 1.29 is 34.1 Å². The van der Waals surface area contributed by atoms with E-state index in [4.69, 9.17) is 22.3 Å². The molecule has 0 aromatic heterocycles. The molecular formula is C16H15ClN2O4Ti. The van der Waals surface area contributed by atoms with Gasteiger partial charge in [-0.25, -0.2) is 0 Å². The molecule has 124 valence electrons. The van der Waals surface area contributed by atoms with Crippen LogP contribution in [0.2, 0.25) is 5.02 Å². The second-order valence-electron chi connectivity index (χ2n) is 4.93. The molecule has 2 aromatic carbocycles. The molecule has 2 N–H and O–H groups in total. The van der Waals surface area contributed by atoms with Crippen molar-refractivity contribution in [2.24, 2.45) is 4.99 Å². The van der Waals surface area contributed by atoms with Crippen LogP contribution in [0.1, 0.15) is 11.1 Å². The molecule has 1 amide bonds. The third kappa shape index (κ3) is 4.66. The van der Waals surface area contributed by atoms with Gasteiger partial charge in [-0.15, -0.1) is 0 Å². The van der Waals surface area contributed by atoms with Crippen molar-refractivity contribution in [1.29, 1.82) is 0 Å². The van der Waals surface area contributed by atoms with Crippen LogP contribution in [0.5, 0.6) is 0 Å². The van der Waals surface area contributed by atoms with Gasteiger partial charge in [0, 0.05) is 23.2 Å². The second kappa shape index (κ2) is 8.42. The predicted molar refractivity (Wildman–Crippen MR) is 86.9 cm³/mol. The molecule has 0 atom stereocenters. The van der Waals surface area contributed by atoms with E-state index < -0.39 is 18.6 Å². The van der Waals surface area contributed by atoms with E-state index in [1.165, 1.54) is 0 Å². The number of benzene rings is 2. The van der Waals surface area contributed by atoms with Gasteiger partial charge in [0.15, 0.2) is 0 Å². The summed E-state index contributed by atoms with van der Waals surface area (Å²) < 4.78 is 23.2. The Bertz CT molecular complexity index is 792. The second-order valence-corrected chi connectivity index (χ2v) is 6.25. The van der Waals surface area contributed by atoms with Crippen LogP contribution >= 0.6 is 11.6 Å². The molecule has 0 unspecified atom stereocenters. The summed E-state index contributed by atoms with van der Waals surface area (Å²) in [5, 5.41) is 0.634. The molecular weight excluding hydrogens is 368 g/mol. The van der Waals surface area contributed by atoms with Crippen LogP contribution in [0.15, 0.2) is 53.5 Å². The first-order chi connectivity index (χ1) is 11.4. The van der Waals surface area contributed by atoms with Crippen molar-refractivity contribution in [3.05, 3.63) is 64.7 Å². The zero-order valence-corrected chi connectivity index (χ0v) is 15.1. The van der Waals surface area contributed by atoms with Gasteiger partial charge < -0.3 is 4.90 Å². The molecule has 3 rings (SSSR count). The Hall–Kier alpha value is -1.70. The van der Waals surface area contributed by atoms with Crippen LogP contribution in [-0.4, -0.2) is 32.6 Å². The zero-order valence-electron chi connectivity index (χ0n) is 12.8. The van der Waals surface area contributed by atoms with Crippen molar-refractivity contribution >= 4 is 28.9 Å². The van der Waals surface area contributed by atoms with Crippen LogP contribution in [-0.2, 0) is 26.7 Å². The minimum atomic E-state index is -3.58. The first kappa shape index (κ1) is 18.6. The first-order valence-corrected chi connectivity index (χ1v) is 9.39. The topological polar surface area (TPSA) is 90.2 Å². The summed E-state index contributed by atoms with van der Waals surface area (Å²) in [7, 11) is 1.76. The summed E-state index contributed by atoms with van der Waals surface area (Å²) in [6, 6.07) is 15.3. The number of carbonyl (C=O) groups is 1. The number of likely N-dealkylation sites (N-methyl/N-ethyl adjacent to an activating group) is 1. The van der Waals surface area contributed by atoms with Gasteiger partial charge in [-0.1, -0.05) is 41.9 Å². The number of rotatable bonds is 1. The molecule has 24 heavy (non-hydrogen) atoms. The summed E-state index contributed by atoms with van der Waals surface area (Å²) in [6.45, 7) is 0.146. The molecule has 8 heteroatoms. The Morgan fingerprint density at radius 2 is 1.79 bits per heavy atom. The van der Waals surface area contributed by atoms with Crippen molar-refractivity contribution in [2.45, 2.75) is 0 Å². The van der Waals surface area contributed by atoms with E-state index in [1.54, 1.807) is 18.0 Å². The Balaban J connectivity index is 0.000000471. The molecule has 0 aliphatic carbocycles. The van der Waals surface area contributed by atoms with E-state index in [2.05, 4.69) is 4.99 Å². The zero-order chi connectivity index (χ0) is 17.7. The van der Waals surface area contributed by atoms with Gasteiger partial charge >= 0.3 is 29.3 Å². The van der Waals surface area contributed by atoms with Crippen molar-refractivity contribution in [3.63, 3.8) is 0 Å². The fourth-order valence-electron chi connectivity index (χ4n) is 2.31. The molecule has 2 aromatic rings. The monoisotopic (exact) mass is 382 g/mol. The van der Waals surface area contributed by atoms with Crippen LogP contribution in [0, 0.1) is 0 Å². The van der Waals surface area contributed by atoms with E-state index in [9.17, 15) is 4.79 Å². The van der Waals surface area contributed by atoms with Crippen molar-refractivity contribution in [3.8, 4) is 0 Å². The van der Waals surface area contributed by atoms with Gasteiger partial charge in [0.25, 0.3) is 0 Å². The fraction of sp³-hybridized carbons (Fsp3) is 0.125. The molecule has 0 saturated heterocycles. The molecule has 0 spiro atoms. The van der Waals surface area contributed by atoms with E-state index in [0.717, 1.165) is 22.5 Å². The molecule has 6 nitrogen and oxygen atoms in total. The van der Waals surface area contributed by atoms with Gasteiger partial charge in [-0.3, -0.25) is 9.79 Å². The summed E-state index contributed by atoms with van der Waals surface area (Å²) >= 11 is 2.53. The normalized spacial score (nSPS) is 13.2. The summed E-state index contributed by atoms with van der Waals surface area (Å²) in [5.41, 5.74) is 3.51. The molecule has 1 aliphatic rings. The Morgan fingerprint density at radius 1 is 1.17 bits per heavy atom. The number of amides is 1. The number of nitrogens with zero attached hydrogens (tertiary/aromatic N) is 2. The number of halogens is 1. The van der Waals surface area contributed by atoms with Crippen LogP contribution in [0.3, 0.4) is 0 Å². The number of hydrogen-bond acceptors (Lipinski definition) is 3. The molecule has 0 saturated carbocycles. The number of anilines is 1. The average Bonchev–Trinajstić information content (AvgIpc) is 2.66. The van der Waals surface area contributed by atoms with Crippen LogP contribution in [0.4, 0.5) is 5.69 Å². The van der Waals surface area contributed by atoms with Crippen molar-refractivity contribution in [1.82, 2.24) is 0 Å². The quantitative estimate of drug-likeness (QED) is 0.737. The number of carbonyl (C=O) groups excluding carboxylic acids is 1. The van der Waals surface area contributed by atoms with Gasteiger partial charge in [-0.05, 0) is 18.2 Å². The Morgan fingerprint density at radius 3 is 2.42 bits per heavy atom. The van der Waals surface area contributed by atoms with Crippen LogP contribution in [0.25, 0.3) is 0 Å². The van der Waals surface area contributed by atoms with Crippen LogP contribution < -0.4 is 4.90 Å². The van der Waals surface area contributed by atoms with E-state index in [-0.39, 0.29) is 12.5 Å². The van der Waals surface area contributed by atoms with Gasteiger partial charge in [0.1, 0.15) is 6.54 Å². The molecule has 1 heterocycles. The molecule has 0 bridgehead atoms. The number of aliphatic imine (C=N–C) groups is 1. The van der Waals surface area contributed by atoms with E-state index in [0.29, 0.717) is 5.02 Å².